The Morgan fingerprint density at radius 3 is 2.17 bits per heavy atom. The SMILES string of the molecule is CCc1c(C)c2cc3[nH]c(cc4nc(c(C)c5nc(cc1[nH]2)C(C)=C5)[C@@H](CCC(=O)N(C)CCC[n+]1ccccc1)[C@@H]4C)c(C)c3CC. The van der Waals surface area contributed by atoms with Gasteiger partial charge in [-0.25, -0.2) is 9.55 Å². The van der Waals surface area contributed by atoms with Crippen LogP contribution in [0.15, 0.2) is 48.8 Å². The molecule has 0 saturated carbocycles. The molecule has 2 aliphatic heterocycles. The number of carbonyl (C=O) groups excluding carboxylic acids is 1. The molecular weight excluding hydrogens is 592 g/mol. The maximum atomic E-state index is 13.4. The van der Waals surface area contributed by atoms with Crippen molar-refractivity contribution in [3.8, 4) is 0 Å². The number of carbonyl (C=O) groups is 1. The van der Waals surface area contributed by atoms with Gasteiger partial charge in [-0.1, -0.05) is 26.8 Å². The van der Waals surface area contributed by atoms with Crippen molar-refractivity contribution in [2.45, 2.75) is 99.0 Å². The summed E-state index contributed by atoms with van der Waals surface area (Å²) in [5.41, 5.74) is 16.0. The number of rotatable bonds is 9. The van der Waals surface area contributed by atoms with Crippen molar-refractivity contribution in [1.29, 1.82) is 0 Å². The van der Waals surface area contributed by atoms with Gasteiger partial charge in [-0.05, 0) is 105 Å². The number of H-pyrrole nitrogens is 2. The lowest BCUT2D eigenvalue weighted by Crippen LogP contribution is -2.35. The molecule has 250 valence electrons. The second-order valence-corrected chi connectivity index (χ2v) is 13.7. The zero-order chi connectivity index (χ0) is 34.1. The maximum Gasteiger partial charge on any atom is 0.222 e. The zero-order valence-corrected chi connectivity index (χ0v) is 30.0. The van der Waals surface area contributed by atoms with Crippen molar-refractivity contribution in [3.63, 3.8) is 0 Å². The molecule has 1 amide bonds. The van der Waals surface area contributed by atoms with E-state index >= 15 is 0 Å². The standard InChI is InChI=1S/C41H51N6O/c1-9-30-27(5)36-24-39-31(10-2)26(4)35(43-39)23-37-28(6)32(15-16-40(48)46(8)17-14-20-47-18-12-11-13-19-47)41(45-37)29(7)34-21-25(3)33(42-34)22-38(30)44-36/h11-13,18-19,21-24,28,32,43-44H,9-10,14-17,20H2,1-8H3/q+1/t28-,32-/m0/s1. The van der Waals surface area contributed by atoms with Crippen LogP contribution in [-0.2, 0) is 24.2 Å². The molecule has 2 N–H and O–H groups in total. The molecule has 7 heteroatoms. The lowest BCUT2D eigenvalue weighted by molar-refractivity contribution is -0.697. The van der Waals surface area contributed by atoms with E-state index in [0.29, 0.717) is 6.42 Å². The van der Waals surface area contributed by atoms with Gasteiger partial charge in [0.15, 0.2) is 12.4 Å². The molecule has 0 saturated heterocycles. The Morgan fingerprint density at radius 1 is 0.854 bits per heavy atom. The van der Waals surface area contributed by atoms with Gasteiger partial charge in [-0.2, -0.15) is 0 Å². The number of aromatic amines is 2. The van der Waals surface area contributed by atoms with Crippen LogP contribution in [0.25, 0.3) is 33.7 Å². The predicted octanol–water partition coefficient (Wildman–Crippen LogP) is 8.43. The molecule has 2 aliphatic rings. The Morgan fingerprint density at radius 2 is 1.50 bits per heavy atom. The van der Waals surface area contributed by atoms with Gasteiger partial charge >= 0.3 is 0 Å². The molecule has 4 aromatic rings. The lowest BCUT2D eigenvalue weighted by atomic mass is 9.85. The molecule has 0 unspecified atom stereocenters. The monoisotopic (exact) mass is 643 g/mol. The van der Waals surface area contributed by atoms with Crippen LogP contribution >= 0.6 is 0 Å². The average molecular weight is 644 g/mol. The van der Waals surface area contributed by atoms with Crippen molar-refractivity contribution in [2.75, 3.05) is 13.6 Å². The number of aryl methyl sites for hydroxylation is 5. The van der Waals surface area contributed by atoms with Gasteiger partial charge < -0.3 is 14.9 Å². The second kappa shape index (κ2) is 13.9. The largest absolute Gasteiger partial charge is 0.355 e. The fourth-order valence-electron chi connectivity index (χ4n) is 7.58. The Hall–Kier alpha value is -4.52. The van der Waals surface area contributed by atoms with Crippen molar-refractivity contribution < 1.29 is 9.36 Å². The van der Waals surface area contributed by atoms with Crippen LogP contribution in [0.3, 0.4) is 0 Å². The molecule has 4 aromatic heterocycles. The molecule has 0 fully saturated rings. The highest BCUT2D eigenvalue weighted by Gasteiger charge is 2.32. The van der Waals surface area contributed by atoms with Crippen molar-refractivity contribution in [2.24, 2.45) is 0 Å². The van der Waals surface area contributed by atoms with E-state index < -0.39 is 0 Å². The minimum absolute atomic E-state index is 0.125. The van der Waals surface area contributed by atoms with Gasteiger partial charge in [0.1, 0.15) is 6.54 Å². The maximum absolute atomic E-state index is 13.4. The lowest BCUT2D eigenvalue weighted by Gasteiger charge is -2.20. The summed E-state index contributed by atoms with van der Waals surface area (Å²) in [6.07, 6.45) is 10.4. The van der Waals surface area contributed by atoms with E-state index in [4.69, 9.17) is 9.97 Å². The van der Waals surface area contributed by atoms with Crippen LogP contribution in [0, 0.1) is 20.8 Å². The highest BCUT2D eigenvalue weighted by atomic mass is 16.2. The van der Waals surface area contributed by atoms with Gasteiger partial charge in [0.2, 0.25) is 5.91 Å². The number of hydrogen-bond donors (Lipinski definition) is 2. The summed E-state index contributed by atoms with van der Waals surface area (Å²) in [4.78, 5) is 33.3. The molecule has 48 heavy (non-hydrogen) atoms. The van der Waals surface area contributed by atoms with E-state index in [0.717, 1.165) is 94.8 Å². The Kier molecular flexibility index (Phi) is 9.68. The molecule has 2 atom stereocenters. The molecule has 0 aliphatic carbocycles. The van der Waals surface area contributed by atoms with Crippen LogP contribution < -0.4 is 4.57 Å². The summed E-state index contributed by atoms with van der Waals surface area (Å²) in [6.45, 7) is 17.1. The first-order valence-corrected chi connectivity index (χ1v) is 17.7. The van der Waals surface area contributed by atoms with E-state index in [1.165, 1.54) is 22.3 Å². The van der Waals surface area contributed by atoms with E-state index in [1.54, 1.807) is 0 Å². The number of allylic oxidation sites excluding steroid dienone is 1. The second-order valence-electron chi connectivity index (χ2n) is 13.7. The number of fused-ring (bicyclic) bond motifs is 8. The van der Waals surface area contributed by atoms with Crippen molar-refractivity contribution in [1.82, 2.24) is 24.8 Å². The predicted molar refractivity (Wildman–Crippen MR) is 197 cm³/mol. The van der Waals surface area contributed by atoms with Crippen molar-refractivity contribution >= 4 is 39.6 Å². The Bertz CT molecular complexity index is 2030. The number of nitrogens with one attached hydrogen (secondary N) is 2. The van der Waals surface area contributed by atoms with Crippen LogP contribution in [-0.4, -0.2) is 44.3 Å². The van der Waals surface area contributed by atoms with Gasteiger partial charge in [0.25, 0.3) is 0 Å². The Labute approximate surface area is 285 Å². The molecule has 0 spiro atoms. The number of hydrogen-bond acceptors (Lipinski definition) is 3. The summed E-state index contributed by atoms with van der Waals surface area (Å²) in [7, 11) is 1.93. The van der Waals surface area contributed by atoms with Crippen molar-refractivity contribution in [3.05, 3.63) is 99.4 Å². The molecule has 6 heterocycles. The zero-order valence-electron chi connectivity index (χ0n) is 30.0. The highest BCUT2D eigenvalue weighted by molar-refractivity contribution is 5.85. The minimum Gasteiger partial charge on any atom is -0.355 e. The highest BCUT2D eigenvalue weighted by Crippen LogP contribution is 2.42. The molecular formula is C41H51N6O+. The first kappa shape index (κ1) is 33.4. The average Bonchev–Trinajstić information content (AvgIpc) is 3.78. The van der Waals surface area contributed by atoms with Gasteiger partial charge in [0, 0.05) is 83.9 Å². The van der Waals surface area contributed by atoms with Crippen LogP contribution in [0.4, 0.5) is 0 Å². The third-order valence-corrected chi connectivity index (χ3v) is 10.7. The summed E-state index contributed by atoms with van der Waals surface area (Å²) in [6, 6.07) is 12.8. The first-order valence-electron chi connectivity index (χ1n) is 17.7. The quantitative estimate of drug-likeness (QED) is 0.180. The van der Waals surface area contributed by atoms with E-state index in [9.17, 15) is 4.79 Å². The normalized spacial score (nSPS) is 15.9. The third-order valence-electron chi connectivity index (χ3n) is 10.7. The molecule has 0 radical (unpaired) electrons. The fourth-order valence-corrected chi connectivity index (χ4v) is 7.58. The van der Waals surface area contributed by atoms with Crippen LogP contribution in [0.2, 0.25) is 0 Å². The molecule has 0 aromatic carbocycles. The molecule has 6 rings (SSSR count). The van der Waals surface area contributed by atoms with Crippen LogP contribution in [0.5, 0.6) is 0 Å². The van der Waals surface area contributed by atoms with Gasteiger partial charge in [-0.15, -0.1) is 0 Å². The third kappa shape index (κ3) is 6.47. The topological polar surface area (TPSA) is 81.5 Å². The smallest absolute Gasteiger partial charge is 0.222 e. The van der Waals surface area contributed by atoms with E-state index in [1.807, 2.05) is 30.1 Å². The number of amides is 1. The summed E-state index contributed by atoms with van der Waals surface area (Å²) in [5, 5.41) is 0. The van der Waals surface area contributed by atoms with E-state index in [-0.39, 0.29) is 17.7 Å². The number of aromatic nitrogens is 5. The Balaban J connectivity index is 1.41. The number of pyridine rings is 1. The summed E-state index contributed by atoms with van der Waals surface area (Å²) < 4.78 is 2.16. The van der Waals surface area contributed by atoms with Gasteiger partial charge in [0.05, 0.1) is 11.4 Å². The molecule has 8 bridgehead atoms. The first-order chi connectivity index (χ1) is 23.1. The number of nitrogens with zero attached hydrogens (tertiary/aromatic N) is 4. The van der Waals surface area contributed by atoms with Gasteiger partial charge in [-0.3, -0.25) is 9.78 Å². The minimum atomic E-state index is 0.125. The summed E-state index contributed by atoms with van der Waals surface area (Å²) in [5.74, 6) is 0.480. The van der Waals surface area contributed by atoms with Crippen LogP contribution in [0.1, 0.15) is 109 Å². The summed E-state index contributed by atoms with van der Waals surface area (Å²) >= 11 is 0. The van der Waals surface area contributed by atoms with E-state index in [2.05, 4.69) is 99.7 Å². The molecule has 7 nitrogen and oxygen atoms in total. The fraction of sp³-hybridized carbons (Fsp3) is 0.415.